The van der Waals surface area contributed by atoms with E-state index in [9.17, 15) is 19.4 Å². The molecule has 3 aromatic rings. The fourth-order valence-corrected chi connectivity index (χ4v) is 4.25. The number of aromatic carboxylic acids is 1. The van der Waals surface area contributed by atoms with Crippen LogP contribution in [0, 0.1) is 19.7 Å². The zero-order valence-electron chi connectivity index (χ0n) is 21.6. The average molecular weight is 494 g/mol. The van der Waals surface area contributed by atoms with Gasteiger partial charge in [0.25, 0.3) is 0 Å². The Hall–Kier alpha value is -3.06. The number of nitrogens with one attached hydrogen (secondary N) is 1. The highest BCUT2D eigenvalue weighted by molar-refractivity contribution is 5.91. The summed E-state index contributed by atoms with van der Waals surface area (Å²) in [6.07, 6.45) is -0.420. The van der Waals surface area contributed by atoms with Crippen LogP contribution in [0.4, 0.5) is 4.39 Å². The maximum absolute atomic E-state index is 13.9. The van der Waals surface area contributed by atoms with Crippen LogP contribution in [0.2, 0.25) is 0 Å². The molecule has 0 radical (unpaired) electrons. The lowest BCUT2D eigenvalue weighted by atomic mass is 9.94. The quantitative estimate of drug-likeness (QED) is 0.312. The molecule has 5 nitrogen and oxygen atoms in total. The van der Waals surface area contributed by atoms with Crippen LogP contribution in [0.3, 0.4) is 0 Å². The van der Waals surface area contributed by atoms with E-state index < -0.39 is 12.1 Å². The van der Waals surface area contributed by atoms with Crippen molar-refractivity contribution in [3.63, 3.8) is 0 Å². The Morgan fingerprint density at radius 2 is 1.75 bits per heavy atom. The van der Waals surface area contributed by atoms with Gasteiger partial charge in [-0.3, -0.25) is 0 Å². The molecule has 0 aromatic heterocycles. The van der Waals surface area contributed by atoms with Gasteiger partial charge in [0.15, 0.2) is 0 Å². The number of β-amino-alcohol motifs (C(OH)–C–C–N with tert-alkyl or cyclic N) is 1. The summed E-state index contributed by atoms with van der Waals surface area (Å²) in [6.45, 7) is 9.93. The Morgan fingerprint density at radius 3 is 2.44 bits per heavy atom. The van der Waals surface area contributed by atoms with Gasteiger partial charge in [-0.05, 0) is 86.6 Å². The number of hydrogen-bond acceptors (Lipinski definition) is 4. The number of benzene rings is 3. The number of hydrogen-bond donors (Lipinski definition) is 3. The maximum atomic E-state index is 13.9. The highest BCUT2D eigenvalue weighted by atomic mass is 19.1. The van der Waals surface area contributed by atoms with E-state index in [0.717, 1.165) is 22.3 Å². The first-order chi connectivity index (χ1) is 17.0. The molecule has 0 fully saturated rings. The Bertz CT molecular complexity index is 1210. The Labute approximate surface area is 213 Å². The molecular weight excluding hydrogens is 457 g/mol. The summed E-state index contributed by atoms with van der Waals surface area (Å²) in [4.78, 5) is 11.6. The van der Waals surface area contributed by atoms with Gasteiger partial charge in [0.1, 0.15) is 5.82 Å². The van der Waals surface area contributed by atoms with Gasteiger partial charge in [-0.1, -0.05) is 48.5 Å². The van der Waals surface area contributed by atoms with Crippen LogP contribution < -0.4 is 5.32 Å². The van der Waals surface area contributed by atoms with Crippen molar-refractivity contribution >= 4 is 5.97 Å². The molecule has 0 aliphatic heterocycles. The number of carbonyl (C=O) groups is 1. The highest BCUT2D eigenvalue weighted by Crippen LogP contribution is 2.31. The van der Waals surface area contributed by atoms with Crippen LogP contribution >= 0.6 is 0 Å². The van der Waals surface area contributed by atoms with Crippen LogP contribution in [0.15, 0.2) is 60.7 Å². The number of aliphatic hydroxyl groups is 1. The van der Waals surface area contributed by atoms with Crippen molar-refractivity contribution in [1.82, 2.24) is 5.32 Å². The monoisotopic (exact) mass is 493 g/mol. The summed E-state index contributed by atoms with van der Waals surface area (Å²) >= 11 is 0. The lowest BCUT2D eigenvalue weighted by Gasteiger charge is -2.28. The van der Waals surface area contributed by atoms with Crippen molar-refractivity contribution in [1.29, 1.82) is 0 Å². The molecule has 3 N–H and O–H groups in total. The number of ether oxygens (including phenoxy) is 1. The van der Waals surface area contributed by atoms with Crippen molar-refractivity contribution < 1.29 is 24.1 Å². The molecule has 0 saturated heterocycles. The van der Waals surface area contributed by atoms with Crippen molar-refractivity contribution in [2.75, 3.05) is 13.2 Å². The molecule has 0 spiro atoms. The lowest BCUT2D eigenvalue weighted by molar-refractivity contribution is -0.00397. The number of carboxylic acid groups (broad SMARTS) is 1. The van der Waals surface area contributed by atoms with Gasteiger partial charge in [-0.2, -0.15) is 0 Å². The van der Waals surface area contributed by atoms with Crippen molar-refractivity contribution in [3.8, 4) is 11.1 Å². The van der Waals surface area contributed by atoms with E-state index in [1.165, 1.54) is 0 Å². The first-order valence-corrected chi connectivity index (χ1v) is 12.2. The van der Waals surface area contributed by atoms with E-state index in [-0.39, 0.29) is 29.6 Å². The standard InChI is InChI=1S/C30H36FNO4/c1-19-11-13-23(15-27(19)29(34)35)26-9-7-6-8-25(26)21(3)36-18-24(33)17-32-30(4,5)16-22-12-10-20(2)28(31)14-22/h6-15,21,24,32-33H,16-18H2,1-5H3,(H,34,35)/t21?,24-/m0/s1. The molecule has 0 heterocycles. The van der Waals surface area contributed by atoms with Gasteiger partial charge < -0.3 is 20.3 Å². The minimum absolute atomic E-state index is 0.131. The van der Waals surface area contributed by atoms with Crippen molar-refractivity contribution in [2.45, 2.75) is 58.8 Å². The topological polar surface area (TPSA) is 78.8 Å². The zero-order valence-corrected chi connectivity index (χ0v) is 21.6. The van der Waals surface area contributed by atoms with E-state index >= 15 is 0 Å². The largest absolute Gasteiger partial charge is 0.478 e. The third-order valence-electron chi connectivity index (χ3n) is 6.41. The van der Waals surface area contributed by atoms with Crippen LogP contribution in [-0.4, -0.2) is 41.0 Å². The summed E-state index contributed by atoms with van der Waals surface area (Å²) in [5.41, 5.74) is 4.78. The van der Waals surface area contributed by atoms with E-state index in [1.807, 2.05) is 63.2 Å². The van der Waals surface area contributed by atoms with Gasteiger partial charge >= 0.3 is 5.97 Å². The second-order valence-electron chi connectivity index (χ2n) is 10.1. The smallest absolute Gasteiger partial charge is 0.335 e. The van der Waals surface area contributed by atoms with Gasteiger partial charge in [-0.15, -0.1) is 0 Å². The predicted molar refractivity (Wildman–Crippen MR) is 141 cm³/mol. The van der Waals surface area contributed by atoms with Crippen LogP contribution in [-0.2, 0) is 11.2 Å². The first kappa shape index (κ1) is 27.5. The predicted octanol–water partition coefficient (Wildman–Crippen LogP) is 5.86. The number of aliphatic hydroxyl groups excluding tert-OH is 1. The average Bonchev–Trinajstić information content (AvgIpc) is 2.83. The fourth-order valence-electron chi connectivity index (χ4n) is 4.25. The maximum Gasteiger partial charge on any atom is 0.335 e. The second-order valence-corrected chi connectivity index (χ2v) is 10.1. The van der Waals surface area contributed by atoms with Gasteiger partial charge in [0, 0.05) is 12.1 Å². The zero-order chi connectivity index (χ0) is 26.5. The number of halogens is 1. The van der Waals surface area contributed by atoms with E-state index in [1.54, 1.807) is 32.0 Å². The van der Waals surface area contributed by atoms with Crippen LogP contribution in [0.25, 0.3) is 11.1 Å². The SMILES string of the molecule is Cc1ccc(CC(C)(C)NC[C@H](O)COC(C)c2ccccc2-c2ccc(C)c(C(=O)O)c2)cc1F. The van der Waals surface area contributed by atoms with E-state index in [4.69, 9.17) is 4.74 Å². The Kier molecular flexibility index (Phi) is 9.01. The van der Waals surface area contributed by atoms with Crippen molar-refractivity contribution in [3.05, 3.63) is 94.3 Å². The molecule has 0 saturated carbocycles. The minimum Gasteiger partial charge on any atom is -0.478 e. The Morgan fingerprint density at radius 1 is 1.06 bits per heavy atom. The molecule has 1 unspecified atom stereocenters. The number of carboxylic acids is 1. The molecule has 36 heavy (non-hydrogen) atoms. The van der Waals surface area contributed by atoms with E-state index in [0.29, 0.717) is 24.1 Å². The summed E-state index contributed by atoms with van der Waals surface area (Å²) in [6, 6.07) is 18.4. The molecule has 192 valence electrons. The first-order valence-electron chi connectivity index (χ1n) is 12.2. The molecule has 3 rings (SSSR count). The normalized spacial score (nSPS) is 13.4. The van der Waals surface area contributed by atoms with Gasteiger partial charge in [0.2, 0.25) is 0 Å². The van der Waals surface area contributed by atoms with Crippen LogP contribution in [0.5, 0.6) is 0 Å². The lowest BCUT2D eigenvalue weighted by Crippen LogP contribution is -2.46. The summed E-state index contributed by atoms with van der Waals surface area (Å²) < 4.78 is 19.9. The van der Waals surface area contributed by atoms with Gasteiger partial charge in [-0.25, -0.2) is 9.18 Å². The Balaban J connectivity index is 1.60. The minimum atomic E-state index is -0.956. The molecule has 0 aliphatic rings. The number of aryl methyl sites for hydroxylation is 2. The summed E-state index contributed by atoms with van der Waals surface area (Å²) in [7, 11) is 0. The molecule has 0 aliphatic carbocycles. The molecular formula is C30H36FNO4. The molecule has 0 bridgehead atoms. The molecule has 6 heteroatoms. The molecule has 3 aromatic carbocycles. The summed E-state index contributed by atoms with van der Waals surface area (Å²) in [5, 5.41) is 23.4. The van der Waals surface area contributed by atoms with Gasteiger partial charge in [0.05, 0.1) is 24.4 Å². The van der Waals surface area contributed by atoms with Crippen molar-refractivity contribution in [2.24, 2.45) is 0 Å². The molecule has 2 atom stereocenters. The van der Waals surface area contributed by atoms with E-state index in [2.05, 4.69) is 5.32 Å². The summed E-state index contributed by atoms with van der Waals surface area (Å²) in [5.74, 6) is -1.17. The highest BCUT2D eigenvalue weighted by Gasteiger charge is 2.21. The third-order valence-corrected chi connectivity index (χ3v) is 6.41. The number of rotatable bonds is 11. The second kappa shape index (κ2) is 11.8. The van der Waals surface area contributed by atoms with Crippen LogP contribution in [0.1, 0.15) is 59.5 Å². The molecule has 0 amide bonds. The fraction of sp³-hybridized carbons (Fsp3) is 0.367. The third kappa shape index (κ3) is 7.23.